The van der Waals surface area contributed by atoms with E-state index in [2.05, 4.69) is 28.2 Å². The fraction of sp³-hybridized carbons (Fsp3) is 0.120. The fourth-order valence-electron chi connectivity index (χ4n) is 4.34. The van der Waals surface area contributed by atoms with Gasteiger partial charge in [0.05, 0.1) is 10.9 Å². The number of benzene rings is 2. The van der Waals surface area contributed by atoms with Crippen molar-refractivity contribution in [3.05, 3.63) is 102 Å². The molecule has 144 valence electrons. The zero-order chi connectivity index (χ0) is 20.1. The first kappa shape index (κ1) is 17.0. The first-order valence-electron chi connectivity index (χ1n) is 10.0. The third-order valence-electron chi connectivity index (χ3n) is 5.95. The smallest absolute Gasteiger partial charge is 0.259 e. The second-order valence-electron chi connectivity index (χ2n) is 7.76. The number of nitrogens with zero attached hydrogens (tertiary/aromatic N) is 4. The van der Waals surface area contributed by atoms with Gasteiger partial charge in [0.25, 0.3) is 5.56 Å². The van der Waals surface area contributed by atoms with Crippen molar-refractivity contribution in [2.24, 2.45) is 0 Å². The van der Waals surface area contributed by atoms with Crippen molar-refractivity contribution in [1.29, 1.82) is 0 Å². The van der Waals surface area contributed by atoms with Gasteiger partial charge < -0.3 is 4.57 Å². The van der Waals surface area contributed by atoms with E-state index in [1.165, 1.54) is 6.33 Å². The summed E-state index contributed by atoms with van der Waals surface area (Å²) >= 11 is 0. The van der Waals surface area contributed by atoms with E-state index in [0.717, 1.165) is 39.5 Å². The SMILES string of the molecule is O=c1c2c(-c3cncnc3)cccc2ccn1[C@@H]1C[C@@H]1c1ccc2ccccc2n1. The molecule has 1 fully saturated rings. The molecule has 2 aromatic carbocycles. The van der Waals surface area contributed by atoms with Crippen LogP contribution in [0.2, 0.25) is 0 Å². The Kier molecular flexibility index (Phi) is 3.74. The highest BCUT2D eigenvalue weighted by Gasteiger charge is 2.41. The summed E-state index contributed by atoms with van der Waals surface area (Å²) in [6, 6.07) is 20.4. The lowest BCUT2D eigenvalue weighted by atomic mass is 10.0. The van der Waals surface area contributed by atoms with Crippen LogP contribution in [-0.2, 0) is 0 Å². The molecular weight excluding hydrogens is 372 g/mol. The lowest BCUT2D eigenvalue weighted by molar-refractivity contribution is 0.688. The number of fused-ring (bicyclic) bond motifs is 2. The normalized spacial score (nSPS) is 18.0. The molecule has 0 amide bonds. The van der Waals surface area contributed by atoms with Crippen molar-refractivity contribution < 1.29 is 0 Å². The topological polar surface area (TPSA) is 60.7 Å². The van der Waals surface area contributed by atoms with E-state index in [0.29, 0.717) is 5.39 Å². The summed E-state index contributed by atoms with van der Waals surface area (Å²) in [6.45, 7) is 0. The summed E-state index contributed by atoms with van der Waals surface area (Å²) in [5, 5.41) is 2.78. The van der Waals surface area contributed by atoms with Gasteiger partial charge in [-0.1, -0.05) is 42.5 Å². The van der Waals surface area contributed by atoms with Crippen LogP contribution in [0.25, 0.3) is 32.8 Å². The van der Waals surface area contributed by atoms with Gasteiger partial charge in [-0.25, -0.2) is 9.97 Å². The van der Waals surface area contributed by atoms with Crippen molar-refractivity contribution in [2.45, 2.75) is 18.4 Å². The van der Waals surface area contributed by atoms with E-state index in [1.807, 2.05) is 53.2 Å². The quantitative estimate of drug-likeness (QED) is 0.447. The van der Waals surface area contributed by atoms with Gasteiger partial charge in [0.1, 0.15) is 6.33 Å². The first-order chi connectivity index (χ1) is 14.8. The summed E-state index contributed by atoms with van der Waals surface area (Å²) < 4.78 is 1.87. The summed E-state index contributed by atoms with van der Waals surface area (Å²) in [4.78, 5) is 26.6. The van der Waals surface area contributed by atoms with Crippen molar-refractivity contribution >= 4 is 21.7 Å². The van der Waals surface area contributed by atoms with Gasteiger partial charge in [-0.15, -0.1) is 0 Å². The minimum absolute atomic E-state index is 0.0280. The fourth-order valence-corrected chi connectivity index (χ4v) is 4.34. The molecular formula is C25H18N4O. The molecule has 0 unspecified atom stereocenters. The van der Waals surface area contributed by atoms with Crippen LogP contribution in [-0.4, -0.2) is 19.5 Å². The van der Waals surface area contributed by atoms with Crippen molar-refractivity contribution in [3.63, 3.8) is 0 Å². The third kappa shape index (κ3) is 2.70. The highest BCUT2D eigenvalue weighted by molar-refractivity contribution is 5.95. The van der Waals surface area contributed by atoms with Crippen molar-refractivity contribution in [3.8, 4) is 11.1 Å². The number of para-hydroxylation sites is 1. The average Bonchev–Trinajstić information content (AvgIpc) is 3.60. The summed E-state index contributed by atoms with van der Waals surface area (Å²) in [6.07, 6.45) is 7.84. The lowest BCUT2D eigenvalue weighted by Gasteiger charge is -2.10. The molecule has 0 bridgehead atoms. The molecule has 5 nitrogen and oxygen atoms in total. The molecule has 1 saturated carbocycles. The molecule has 1 aliphatic rings. The second kappa shape index (κ2) is 6.59. The molecule has 30 heavy (non-hydrogen) atoms. The Morgan fingerprint density at radius 2 is 1.70 bits per heavy atom. The Balaban J connectivity index is 1.43. The Morgan fingerprint density at radius 1 is 0.867 bits per heavy atom. The molecule has 1 aliphatic carbocycles. The minimum atomic E-state index is 0.0280. The van der Waals surface area contributed by atoms with E-state index in [1.54, 1.807) is 12.4 Å². The lowest BCUT2D eigenvalue weighted by Crippen LogP contribution is -2.19. The van der Waals surface area contributed by atoms with Crippen LogP contribution in [0.1, 0.15) is 24.1 Å². The summed E-state index contributed by atoms with van der Waals surface area (Å²) in [5.74, 6) is 0.261. The molecule has 0 N–H and O–H groups in total. The summed E-state index contributed by atoms with van der Waals surface area (Å²) in [5.41, 5.74) is 3.79. The molecule has 3 heterocycles. The highest BCUT2D eigenvalue weighted by atomic mass is 16.1. The molecule has 0 spiro atoms. The van der Waals surface area contributed by atoms with Gasteiger partial charge in [0.2, 0.25) is 0 Å². The Morgan fingerprint density at radius 3 is 2.60 bits per heavy atom. The number of hydrogen-bond donors (Lipinski definition) is 0. The molecule has 0 radical (unpaired) electrons. The number of hydrogen-bond acceptors (Lipinski definition) is 4. The second-order valence-corrected chi connectivity index (χ2v) is 7.76. The monoisotopic (exact) mass is 390 g/mol. The predicted octanol–water partition coefficient (Wildman–Crippen LogP) is 4.74. The number of pyridine rings is 2. The van der Waals surface area contributed by atoms with Crippen LogP contribution < -0.4 is 5.56 Å². The molecule has 6 rings (SSSR count). The highest BCUT2D eigenvalue weighted by Crippen LogP contribution is 2.50. The molecule has 5 heteroatoms. The van der Waals surface area contributed by atoms with E-state index in [-0.39, 0.29) is 17.5 Å². The van der Waals surface area contributed by atoms with Crippen molar-refractivity contribution in [2.75, 3.05) is 0 Å². The van der Waals surface area contributed by atoms with E-state index >= 15 is 0 Å². The zero-order valence-corrected chi connectivity index (χ0v) is 16.1. The van der Waals surface area contributed by atoms with Gasteiger partial charge in [-0.3, -0.25) is 9.78 Å². The van der Waals surface area contributed by atoms with Crippen LogP contribution in [0.15, 0.2) is 90.4 Å². The van der Waals surface area contributed by atoms with Crippen LogP contribution in [0.5, 0.6) is 0 Å². The Labute approximate surface area is 172 Å². The largest absolute Gasteiger partial charge is 0.311 e. The van der Waals surface area contributed by atoms with Crippen LogP contribution in [0, 0.1) is 0 Å². The van der Waals surface area contributed by atoms with E-state index in [4.69, 9.17) is 4.98 Å². The number of rotatable bonds is 3. The predicted molar refractivity (Wildman–Crippen MR) is 117 cm³/mol. The van der Waals surface area contributed by atoms with Crippen LogP contribution in [0.4, 0.5) is 0 Å². The van der Waals surface area contributed by atoms with Crippen molar-refractivity contribution in [1.82, 2.24) is 19.5 Å². The minimum Gasteiger partial charge on any atom is -0.311 e. The first-order valence-corrected chi connectivity index (χ1v) is 10.0. The van der Waals surface area contributed by atoms with Crippen LogP contribution in [0.3, 0.4) is 0 Å². The third-order valence-corrected chi connectivity index (χ3v) is 5.95. The summed E-state index contributed by atoms with van der Waals surface area (Å²) in [7, 11) is 0. The van der Waals surface area contributed by atoms with Gasteiger partial charge >= 0.3 is 0 Å². The van der Waals surface area contributed by atoms with Crippen LogP contribution >= 0.6 is 0 Å². The van der Waals surface area contributed by atoms with Gasteiger partial charge in [-0.05, 0) is 35.6 Å². The standard InChI is InChI=1S/C25H18N4O/c30-25-24-17(5-3-6-19(24)18-13-26-15-27-14-18)10-11-29(25)23-12-20(23)22-9-8-16-4-1-2-7-21(16)28-22/h1-11,13-15,20,23H,12H2/t20-,23-/m1/s1. The average molecular weight is 390 g/mol. The maximum Gasteiger partial charge on any atom is 0.259 e. The molecule has 0 aliphatic heterocycles. The molecule has 2 atom stereocenters. The zero-order valence-electron chi connectivity index (χ0n) is 16.1. The van der Waals surface area contributed by atoms with E-state index < -0.39 is 0 Å². The Bertz CT molecular complexity index is 1460. The Hall–Kier alpha value is -3.86. The molecule has 5 aromatic rings. The molecule has 0 saturated heterocycles. The van der Waals surface area contributed by atoms with Gasteiger partial charge in [0, 0.05) is 47.2 Å². The number of aromatic nitrogens is 4. The van der Waals surface area contributed by atoms with Gasteiger partial charge in [0.15, 0.2) is 0 Å². The maximum atomic E-state index is 13.5. The maximum absolute atomic E-state index is 13.5. The molecule has 3 aromatic heterocycles. The van der Waals surface area contributed by atoms with E-state index in [9.17, 15) is 4.79 Å². The van der Waals surface area contributed by atoms with Gasteiger partial charge in [-0.2, -0.15) is 0 Å².